The van der Waals surface area contributed by atoms with Crippen molar-refractivity contribution in [1.29, 1.82) is 0 Å². The molecule has 0 unspecified atom stereocenters. The molecule has 0 saturated carbocycles. The van der Waals surface area contributed by atoms with Crippen LogP contribution in [-0.2, 0) is 0 Å². The van der Waals surface area contributed by atoms with E-state index in [1.54, 1.807) is 18.2 Å². The summed E-state index contributed by atoms with van der Waals surface area (Å²) in [4.78, 5) is 15.5. The third kappa shape index (κ3) is 7.26. The second kappa shape index (κ2) is 13.4. The summed E-state index contributed by atoms with van der Waals surface area (Å²) in [5.74, 6) is 1.21. The van der Waals surface area contributed by atoms with E-state index >= 15 is 0 Å². The summed E-state index contributed by atoms with van der Waals surface area (Å²) < 4.78 is 12.2. The Hall–Kier alpha value is -3.08. The molecule has 0 saturated heterocycles. The summed E-state index contributed by atoms with van der Waals surface area (Å²) >= 11 is 0. The molecule has 3 rings (SSSR count). The number of benzene rings is 3. The first-order chi connectivity index (χ1) is 15.2. The van der Waals surface area contributed by atoms with E-state index in [0.29, 0.717) is 23.7 Å². The van der Waals surface area contributed by atoms with Gasteiger partial charge in [-0.1, -0.05) is 86.6 Å². The number of ketones is 1. The second-order valence-corrected chi connectivity index (χ2v) is 7.04. The van der Waals surface area contributed by atoms with Gasteiger partial charge >= 0.3 is 0 Å². The third-order valence-electron chi connectivity index (χ3n) is 4.99. The van der Waals surface area contributed by atoms with Gasteiger partial charge in [-0.05, 0) is 36.9 Å². The van der Waals surface area contributed by atoms with Gasteiger partial charge in [-0.15, -0.1) is 12.4 Å². The van der Waals surface area contributed by atoms with E-state index in [4.69, 9.17) is 9.47 Å². The highest BCUT2D eigenvalue weighted by molar-refractivity contribution is 6.10. The fourth-order valence-electron chi connectivity index (χ4n) is 3.17. The molecule has 0 aliphatic rings. The smallest absolute Gasteiger partial charge is 0.228 e. The molecule has 168 valence electrons. The van der Waals surface area contributed by atoms with E-state index in [0.717, 1.165) is 25.2 Å². The Labute approximate surface area is 196 Å². The van der Waals surface area contributed by atoms with Crippen LogP contribution in [0.3, 0.4) is 0 Å². The normalized spacial score (nSPS) is 11.0. The fourth-order valence-corrected chi connectivity index (χ4v) is 3.17. The van der Waals surface area contributed by atoms with Gasteiger partial charge in [0.15, 0.2) is 17.3 Å². The number of allylic oxidation sites excluding steroid dienone is 1. The maximum atomic E-state index is 13.2. The highest BCUT2D eigenvalue weighted by atomic mass is 35.5. The van der Waals surface area contributed by atoms with Crippen LogP contribution in [-0.4, -0.2) is 36.9 Å². The Kier molecular flexibility index (Phi) is 10.5. The van der Waals surface area contributed by atoms with Crippen molar-refractivity contribution in [3.05, 3.63) is 102 Å². The minimum atomic E-state index is -0.178. The van der Waals surface area contributed by atoms with E-state index in [2.05, 4.69) is 18.7 Å². The lowest BCUT2D eigenvalue weighted by Gasteiger charge is -2.19. The predicted molar refractivity (Wildman–Crippen MR) is 133 cm³/mol. The molecule has 0 aliphatic carbocycles. The minimum absolute atomic E-state index is 0. The van der Waals surface area contributed by atoms with Gasteiger partial charge in [-0.2, -0.15) is 0 Å². The first-order valence-electron chi connectivity index (χ1n) is 10.7. The molecule has 0 spiro atoms. The first-order valence-corrected chi connectivity index (χ1v) is 10.7. The van der Waals surface area contributed by atoms with Gasteiger partial charge in [0.25, 0.3) is 0 Å². The average molecular weight is 452 g/mol. The zero-order valence-corrected chi connectivity index (χ0v) is 19.4. The summed E-state index contributed by atoms with van der Waals surface area (Å²) in [7, 11) is 0. The summed E-state index contributed by atoms with van der Waals surface area (Å²) in [6, 6.07) is 26.3. The predicted octanol–water partition coefficient (Wildman–Crippen LogP) is 6.13. The second-order valence-electron chi connectivity index (χ2n) is 7.04. The van der Waals surface area contributed by atoms with Crippen molar-refractivity contribution in [2.45, 2.75) is 13.8 Å². The van der Waals surface area contributed by atoms with Crippen molar-refractivity contribution in [2.75, 3.05) is 26.2 Å². The van der Waals surface area contributed by atoms with E-state index in [1.807, 2.05) is 72.8 Å². The summed E-state index contributed by atoms with van der Waals surface area (Å²) in [6.07, 6.45) is 1.77. The van der Waals surface area contributed by atoms with Crippen LogP contribution in [0.15, 0.2) is 90.7 Å². The van der Waals surface area contributed by atoms with Crippen molar-refractivity contribution in [3.8, 4) is 11.5 Å². The molecule has 3 aromatic rings. The quantitative estimate of drug-likeness (QED) is 0.199. The highest BCUT2D eigenvalue weighted by Gasteiger charge is 2.17. The molecular formula is C27H30ClNO3. The summed E-state index contributed by atoms with van der Waals surface area (Å²) in [5.41, 5.74) is 1.46. The number of likely N-dealkylation sites (N-methyl/N-ethyl adjacent to an activating group) is 1. The lowest BCUT2D eigenvalue weighted by atomic mass is 10.1. The number of nitrogens with zero attached hydrogens (tertiary/aromatic N) is 1. The van der Waals surface area contributed by atoms with E-state index in [9.17, 15) is 4.79 Å². The largest absolute Gasteiger partial charge is 0.488 e. The van der Waals surface area contributed by atoms with Crippen LogP contribution in [0.25, 0.3) is 6.08 Å². The number of halogens is 1. The Morgan fingerprint density at radius 2 is 1.38 bits per heavy atom. The van der Waals surface area contributed by atoms with E-state index in [-0.39, 0.29) is 23.9 Å². The molecule has 0 amide bonds. The van der Waals surface area contributed by atoms with Crippen molar-refractivity contribution < 1.29 is 14.3 Å². The van der Waals surface area contributed by atoms with E-state index < -0.39 is 0 Å². The van der Waals surface area contributed by atoms with Gasteiger partial charge in [0.05, 0.1) is 0 Å². The number of ether oxygens (including phenoxy) is 2. The Morgan fingerprint density at radius 1 is 0.812 bits per heavy atom. The molecular weight excluding hydrogens is 422 g/mol. The molecule has 0 heterocycles. The van der Waals surface area contributed by atoms with Crippen LogP contribution in [0.1, 0.15) is 29.8 Å². The molecule has 0 aromatic heterocycles. The molecule has 0 N–H and O–H groups in total. The van der Waals surface area contributed by atoms with Gasteiger partial charge in [-0.3, -0.25) is 4.79 Å². The van der Waals surface area contributed by atoms with Crippen LogP contribution in [0.5, 0.6) is 11.5 Å². The van der Waals surface area contributed by atoms with Gasteiger partial charge in [0.1, 0.15) is 6.61 Å². The molecule has 3 aromatic carbocycles. The van der Waals surface area contributed by atoms with Crippen molar-refractivity contribution in [3.63, 3.8) is 0 Å². The average Bonchev–Trinajstić information content (AvgIpc) is 2.83. The van der Waals surface area contributed by atoms with Crippen LogP contribution in [0.2, 0.25) is 0 Å². The monoisotopic (exact) mass is 451 g/mol. The summed E-state index contributed by atoms with van der Waals surface area (Å²) in [6.45, 7) is 7.61. The Balaban J connectivity index is 0.00000363. The van der Waals surface area contributed by atoms with Crippen LogP contribution >= 0.6 is 12.4 Å². The first kappa shape index (κ1) is 25.2. The zero-order chi connectivity index (χ0) is 21.9. The molecule has 0 fully saturated rings. The number of Topliss-reactive ketones (excluding diaryl/α,β-unsaturated/α-hetero) is 1. The number of para-hydroxylation sites is 2. The third-order valence-corrected chi connectivity index (χ3v) is 4.99. The molecule has 4 nitrogen and oxygen atoms in total. The number of rotatable bonds is 11. The molecule has 5 heteroatoms. The van der Waals surface area contributed by atoms with Gasteiger partial charge in [0.2, 0.25) is 5.78 Å². The standard InChI is InChI=1S/C27H29NO3.ClH/c1-3-28(4-2)19-20-30-24-17-11-12-18-25(24)31-26(21-22-13-7-5-8-14-22)27(29)23-15-9-6-10-16-23;/h5-18,21H,3-4,19-20H2,1-2H3;1H. The maximum absolute atomic E-state index is 13.2. The molecule has 0 radical (unpaired) electrons. The van der Waals surface area contributed by atoms with Crippen LogP contribution < -0.4 is 9.47 Å². The van der Waals surface area contributed by atoms with Crippen LogP contribution in [0.4, 0.5) is 0 Å². The highest BCUT2D eigenvalue weighted by Crippen LogP contribution is 2.29. The number of hydrogen-bond acceptors (Lipinski definition) is 4. The van der Waals surface area contributed by atoms with Crippen molar-refractivity contribution >= 4 is 24.3 Å². The molecule has 0 atom stereocenters. The van der Waals surface area contributed by atoms with Crippen molar-refractivity contribution in [1.82, 2.24) is 4.90 Å². The topological polar surface area (TPSA) is 38.8 Å². The van der Waals surface area contributed by atoms with Gasteiger partial charge < -0.3 is 14.4 Å². The minimum Gasteiger partial charge on any atom is -0.488 e. The maximum Gasteiger partial charge on any atom is 0.228 e. The SMILES string of the molecule is CCN(CC)CCOc1ccccc1OC(=Cc1ccccc1)C(=O)c1ccccc1.Cl. The van der Waals surface area contributed by atoms with Crippen LogP contribution in [0, 0.1) is 0 Å². The van der Waals surface area contributed by atoms with Crippen molar-refractivity contribution in [2.24, 2.45) is 0 Å². The molecule has 32 heavy (non-hydrogen) atoms. The fraction of sp³-hybridized carbons (Fsp3) is 0.222. The lowest BCUT2D eigenvalue weighted by molar-refractivity contribution is 0.0987. The Bertz CT molecular complexity index is 986. The van der Waals surface area contributed by atoms with E-state index in [1.165, 1.54) is 0 Å². The summed E-state index contributed by atoms with van der Waals surface area (Å²) in [5, 5.41) is 0. The molecule has 0 bridgehead atoms. The number of carbonyl (C=O) groups excluding carboxylic acids is 1. The Morgan fingerprint density at radius 3 is 2.00 bits per heavy atom. The zero-order valence-electron chi connectivity index (χ0n) is 18.6. The number of carbonyl (C=O) groups is 1. The van der Waals surface area contributed by atoms with Gasteiger partial charge in [-0.25, -0.2) is 0 Å². The lowest BCUT2D eigenvalue weighted by Crippen LogP contribution is -2.28. The number of hydrogen-bond donors (Lipinski definition) is 0. The van der Waals surface area contributed by atoms with Gasteiger partial charge in [0, 0.05) is 12.1 Å². The molecule has 0 aliphatic heterocycles.